The molecule has 0 bridgehead atoms. The highest BCUT2D eigenvalue weighted by atomic mass is 79.9. The van der Waals surface area contributed by atoms with E-state index in [1.807, 2.05) is 12.1 Å². The molecule has 3 N–H and O–H groups in total. The number of rotatable bonds is 3. The molecular formula is C11H16BrN3O. The third-order valence-electron chi connectivity index (χ3n) is 3.00. The van der Waals surface area contributed by atoms with Crippen molar-refractivity contribution in [3.63, 3.8) is 0 Å². The quantitative estimate of drug-likeness (QED) is 0.657. The van der Waals surface area contributed by atoms with Gasteiger partial charge < -0.3 is 4.74 Å². The molecule has 1 aromatic heterocycles. The summed E-state index contributed by atoms with van der Waals surface area (Å²) in [6.45, 7) is 1.63. The highest BCUT2D eigenvalue weighted by molar-refractivity contribution is 9.10. The van der Waals surface area contributed by atoms with E-state index in [2.05, 4.69) is 26.3 Å². The minimum Gasteiger partial charge on any atom is -0.381 e. The zero-order valence-corrected chi connectivity index (χ0v) is 10.6. The number of aromatic nitrogens is 1. The second kappa shape index (κ2) is 5.72. The van der Waals surface area contributed by atoms with Gasteiger partial charge in [-0.3, -0.25) is 16.3 Å². The fraction of sp³-hybridized carbons (Fsp3) is 0.545. The molecule has 1 unspecified atom stereocenters. The first kappa shape index (κ1) is 12.0. The van der Waals surface area contributed by atoms with E-state index in [1.54, 1.807) is 6.20 Å². The first-order valence-corrected chi connectivity index (χ1v) is 6.26. The molecule has 1 aromatic rings. The van der Waals surface area contributed by atoms with E-state index in [0.29, 0.717) is 5.92 Å². The molecule has 1 saturated heterocycles. The van der Waals surface area contributed by atoms with Crippen molar-refractivity contribution in [3.8, 4) is 0 Å². The topological polar surface area (TPSA) is 60.2 Å². The van der Waals surface area contributed by atoms with Gasteiger partial charge in [0.05, 0.1) is 11.7 Å². The summed E-state index contributed by atoms with van der Waals surface area (Å²) < 4.78 is 6.36. The molecule has 4 nitrogen and oxygen atoms in total. The first-order valence-electron chi connectivity index (χ1n) is 5.47. The van der Waals surface area contributed by atoms with Crippen LogP contribution in [0, 0.1) is 5.92 Å². The molecule has 88 valence electrons. The molecule has 16 heavy (non-hydrogen) atoms. The van der Waals surface area contributed by atoms with Crippen molar-refractivity contribution in [3.05, 3.63) is 28.5 Å². The Morgan fingerprint density at radius 2 is 2.25 bits per heavy atom. The van der Waals surface area contributed by atoms with E-state index in [9.17, 15) is 0 Å². The minimum absolute atomic E-state index is 0.0967. The molecule has 0 spiro atoms. The van der Waals surface area contributed by atoms with E-state index in [1.165, 1.54) is 0 Å². The number of nitrogens with zero attached hydrogens (tertiary/aromatic N) is 1. The number of nitrogens with one attached hydrogen (secondary N) is 1. The molecule has 0 aliphatic carbocycles. The van der Waals surface area contributed by atoms with Crippen LogP contribution in [0.15, 0.2) is 22.8 Å². The molecule has 1 aliphatic rings. The summed E-state index contributed by atoms with van der Waals surface area (Å²) in [7, 11) is 0. The zero-order chi connectivity index (χ0) is 11.4. The van der Waals surface area contributed by atoms with Crippen LogP contribution in [-0.2, 0) is 4.74 Å². The molecule has 1 aliphatic heterocycles. The van der Waals surface area contributed by atoms with Crippen molar-refractivity contribution >= 4 is 15.9 Å². The lowest BCUT2D eigenvalue weighted by atomic mass is 9.90. The fourth-order valence-corrected chi connectivity index (χ4v) is 2.62. The second-order valence-electron chi connectivity index (χ2n) is 3.96. The van der Waals surface area contributed by atoms with Crippen molar-refractivity contribution in [1.82, 2.24) is 10.4 Å². The molecule has 5 heteroatoms. The lowest BCUT2D eigenvalue weighted by Crippen LogP contribution is -2.36. The van der Waals surface area contributed by atoms with Crippen molar-refractivity contribution in [1.29, 1.82) is 0 Å². The lowest BCUT2D eigenvalue weighted by Gasteiger charge is -2.29. The smallest absolute Gasteiger partial charge is 0.0731 e. The number of pyridine rings is 1. The Labute approximate surface area is 104 Å². The number of halogens is 1. The summed E-state index contributed by atoms with van der Waals surface area (Å²) in [5, 5.41) is 0. The largest absolute Gasteiger partial charge is 0.381 e. The molecule has 1 atom stereocenters. The van der Waals surface area contributed by atoms with Gasteiger partial charge in [0.1, 0.15) is 0 Å². The van der Waals surface area contributed by atoms with Crippen LogP contribution in [0.25, 0.3) is 0 Å². The minimum atomic E-state index is 0.0967. The van der Waals surface area contributed by atoms with Gasteiger partial charge in [-0.1, -0.05) is 0 Å². The molecule has 2 rings (SSSR count). The Balaban J connectivity index is 2.18. The van der Waals surface area contributed by atoms with Crippen molar-refractivity contribution in [2.24, 2.45) is 11.8 Å². The molecule has 0 aromatic carbocycles. The predicted molar refractivity (Wildman–Crippen MR) is 65.5 cm³/mol. The van der Waals surface area contributed by atoms with Gasteiger partial charge >= 0.3 is 0 Å². The molecule has 0 saturated carbocycles. The normalized spacial score (nSPS) is 19.6. The summed E-state index contributed by atoms with van der Waals surface area (Å²) >= 11 is 3.52. The van der Waals surface area contributed by atoms with Crippen LogP contribution >= 0.6 is 15.9 Å². The third-order valence-corrected chi connectivity index (χ3v) is 3.67. The SMILES string of the molecule is NNC(c1ncccc1Br)C1CCOCC1. The number of hydrazine groups is 1. The predicted octanol–water partition coefficient (Wildman–Crippen LogP) is 1.78. The average molecular weight is 286 g/mol. The molecular weight excluding hydrogens is 270 g/mol. The van der Waals surface area contributed by atoms with Gasteiger partial charge in [0.2, 0.25) is 0 Å². The molecule has 0 radical (unpaired) electrons. The van der Waals surface area contributed by atoms with Crippen molar-refractivity contribution < 1.29 is 4.74 Å². The summed E-state index contributed by atoms with van der Waals surface area (Å²) in [4.78, 5) is 4.39. The van der Waals surface area contributed by atoms with E-state index in [4.69, 9.17) is 10.6 Å². The monoisotopic (exact) mass is 285 g/mol. The molecule has 1 fully saturated rings. The Morgan fingerprint density at radius 3 is 2.88 bits per heavy atom. The number of ether oxygens (including phenoxy) is 1. The van der Waals surface area contributed by atoms with Crippen LogP contribution in [-0.4, -0.2) is 18.2 Å². The van der Waals surface area contributed by atoms with Crippen LogP contribution in [0.2, 0.25) is 0 Å². The second-order valence-corrected chi connectivity index (χ2v) is 4.82. The van der Waals surface area contributed by atoms with Gasteiger partial charge in [-0.2, -0.15) is 0 Å². The Bertz CT molecular complexity index is 342. The lowest BCUT2D eigenvalue weighted by molar-refractivity contribution is 0.0530. The summed E-state index contributed by atoms with van der Waals surface area (Å²) in [5.74, 6) is 6.14. The standard InChI is InChI=1S/C11H16BrN3O/c12-9-2-1-5-14-11(9)10(15-13)8-3-6-16-7-4-8/h1-2,5,8,10,15H,3-4,6-7,13H2. The first-order chi connectivity index (χ1) is 7.83. The third kappa shape index (κ3) is 2.60. The van der Waals surface area contributed by atoms with Gasteiger partial charge in [-0.15, -0.1) is 0 Å². The Hall–Kier alpha value is -0.490. The van der Waals surface area contributed by atoms with E-state index in [0.717, 1.165) is 36.2 Å². The van der Waals surface area contributed by atoms with Crippen LogP contribution in [0.5, 0.6) is 0 Å². The summed E-state index contributed by atoms with van der Waals surface area (Å²) in [5.41, 5.74) is 3.86. The van der Waals surface area contributed by atoms with Crippen LogP contribution < -0.4 is 11.3 Å². The highest BCUT2D eigenvalue weighted by Gasteiger charge is 2.26. The molecule has 2 heterocycles. The van der Waals surface area contributed by atoms with Crippen LogP contribution in [0.4, 0.5) is 0 Å². The number of hydrogen-bond acceptors (Lipinski definition) is 4. The van der Waals surface area contributed by atoms with Crippen LogP contribution in [0.1, 0.15) is 24.6 Å². The molecule has 0 amide bonds. The average Bonchev–Trinajstić information content (AvgIpc) is 2.34. The highest BCUT2D eigenvalue weighted by Crippen LogP contribution is 2.31. The summed E-state index contributed by atoms with van der Waals surface area (Å²) in [6.07, 6.45) is 3.85. The van der Waals surface area contributed by atoms with E-state index < -0.39 is 0 Å². The Morgan fingerprint density at radius 1 is 1.50 bits per heavy atom. The number of nitrogens with two attached hydrogens (primary N) is 1. The van der Waals surface area contributed by atoms with E-state index in [-0.39, 0.29) is 6.04 Å². The maximum Gasteiger partial charge on any atom is 0.0731 e. The van der Waals surface area contributed by atoms with Crippen LogP contribution in [0.3, 0.4) is 0 Å². The van der Waals surface area contributed by atoms with Gasteiger partial charge in [0.15, 0.2) is 0 Å². The van der Waals surface area contributed by atoms with Crippen molar-refractivity contribution in [2.75, 3.05) is 13.2 Å². The van der Waals surface area contributed by atoms with Gasteiger partial charge in [0.25, 0.3) is 0 Å². The van der Waals surface area contributed by atoms with Gasteiger partial charge in [-0.25, -0.2) is 0 Å². The maximum absolute atomic E-state index is 5.65. The maximum atomic E-state index is 5.65. The van der Waals surface area contributed by atoms with Crippen molar-refractivity contribution in [2.45, 2.75) is 18.9 Å². The summed E-state index contributed by atoms with van der Waals surface area (Å²) in [6, 6.07) is 4.00. The zero-order valence-electron chi connectivity index (χ0n) is 9.03. The Kier molecular flexibility index (Phi) is 4.29. The van der Waals surface area contributed by atoms with Gasteiger partial charge in [0, 0.05) is 23.9 Å². The fourth-order valence-electron chi connectivity index (χ4n) is 2.11. The van der Waals surface area contributed by atoms with E-state index >= 15 is 0 Å². The number of hydrogen-bond donors (Lipinski definition) is 2. The van der Waals surface area contributed by atoms with Gasteiger partial charge in [-0.05, 0) is 46.8 Å².